The van der Waals surface area contributed by atoms with Crippen LogP contribution in [-0.4, -0.2) is 6.10 Å². The summed E-state index contributed by atoms with van der Waals surface area (Å²) in [5, 5.41) is 0. The summed E-state index contributed by atoms with van der Waals surface area (Å²) in [5.74, 6) is 2.75. The summed E-state index contributed by atoms with van der Waals surface area (Å²) in [6.45, 7) is 3.83. The second kappa shape index (κ2) is 3.97. The van der Waals surface area contributed by atoms with E-state index < -0.39 is 0 Å². The molecule has 1 nitrogen and oxygen atoms in total. The van der Waals surface area contributed by atoms with Crippen LogP contribution in [0, 0.1) is 11.8 Å². The van der Waals surface area contributed by atoms with Crippen LogP contribution >= 0.6 is 0 Å². The second-order valence-electron chi connectivity index (χ2n) is 5.07. The maximum Gasteiger partial charge on any atom is 0.126 e. The van der Waals surface area contributed by atoms with Crippen LogP contribution < -0.4 is 4.74 Å². The van der Waals surface area contributed by atoms with Crippen LogP contribution in [0.4, 0.5) is 0 Å². The highest BCUT2D eigenvalue weighted by Crippen LogP contribution is 2.46. The van der Waals surface area contributed by atoms with Crippen LogP contribution in [-0.2, 0) is 0 Å². The molecule has 0 aliphatic heterocycles. The predicted molar refractivity (Wildman–Crippen MR) is 66.4 cm³/mol. The third-order valence-corrected chi connectivity index (χ3v) is 4.09. The van der Waals surface area contributed by atoms with Gasteiger partial charge in [0.1, 0.15) is 11.9 Å². The zero-order valence-corrected chi connectivity index (χ0v) is 9.56. The molecule has 3 unspecified atom stereocenters. The molecule has 0 aromatic heterocycles. The highest BCUT2D eigenvalue weighted by molar-refractivity contribution is 5.55. The van der Waals surface area contributed by atoms with Gasteiger partial charge in [0.15, 0.2) is 0 Å². The van der Waals surface area contributed by atoms with Crippen LogP contribution in [0.1, 0.15) is 31.2 Å². The van der Waals surface area contributed by atoms with Crippen molar-refractivity contribution in [3.05, 3.63) is 36.4 Å². The van der Waals surface area contributed by atoms with Gasteiger partial charge < -0.3 is 4.74 Å². The maximum atomic E-state index is 6.16. The van der Waals surface area contributed by atoms with Gasteiger partial charge in [-0.3, -0.25) is 0 Å². The molecule has 2 bridgehead atoms. The monoisotopic (exact) mass is 214 g/mol. The fraction of sp³-hybridized carbons (Fsp3) is 0.467. The van der Waals surface area contributed by atoms with E-state index in [0.29, 0.717) is 6.10 Å². The molecule has 0 radical (unpaired) electrons. The van der Waals surface area contributed by atoms with Crippen LogP contribution in [0.2, 0.25) is 0 Å². The second-order valence-corrected chi connectivity index (χ2v) is 5.07. The van der Waals surface area contributed by atoms with Gasteiger partial charge in [-0.25, -0.2) is 0 Å². The van der Waals surface area contributed by atoms with Crippen LogP contribution in [0.3, 0.4) is 0 Å². The SMILES string of the molecule is C=Cc1ccccc1OC1CC2CCC1C2. The lowest BCUT2D eigenvalue weighted by Crippen LogP contribution is -2.23. The molecule has 1 aromatic rings. The van der Waals surface area contributed by atoms with Gasteiger partial charge in [0.05, 0.1) is 0 Å². The summed E-state index contributed by atoms with van der Waals surface area (Å²) in [7, 11) is 0. The minimum Gasteiger partial charge on any atom is -0.490 e. The van der Waals surface area contributed by atoms with Crippen molar-refractivity contribution >= 4 is 6.08 Å². The lowest BCUT2D eigenvalue weighted by Gasteiger charge is -2.24. The molecule has 2 saturated carbocycles. The number of rotatable bonds is 3. The van der Waals surface area contributed by atoms with E-state index in [0.717, 1.165) is 23.1 Å². The Bertz CT molecular complexity index is 396. The van der Waals surface area contributed by atoms with Gasteiger partial charge in [-0.05, 0) is 43.6 Å². The molecule has 3 atom stereocenters. The average Bonchev–Trinajstić information content (AvgIpc) is 2.92. The molecule has 1 heteroatoms. The van der Waals surface area contributed by atoms with Crippen LogP contribution in [0.25, 0.3) is 6.08 Å². The minimum atomic E-state index is 0.458. The first kappa shape index (κ1) is 9.95. The molecule has 2 fully saturated rings. The molecule has 84 valence electrons. The van der Waals surface area contributed by atoms with Crippen molar-refractivity contribution in [3.8, 4) is 5.75 Å². The Morgan fingerprint density at radius 1 is 1.19 bits per heavy atom. The van der Waals surface area contributed by atoms with Crippen molar-refractivity contribution in [1.82, 2.24) is 0 Å². The molecule has 0 amide bonds. The Labute approximate surface area is 97.1 Å². The molecule has 2 aliphatic rings. The third kappa shape index (κ3) is 1.64. The molecular formula is C15H18O. The van der Waals surface area contributed by atoms with E-state index in [1.54, 1.807) is 0 Å². The van der Waals surface area contributed by atoms with E-state index in [1.165, 1.54) is 25.7 Å². The van der Waals surface area contributed by atoms with Crippen molar-refractivity contribution in [1.29, 1.82) is 0 Å². The number of para-hydroxylation sites is 1. The smallest absolute Gasteiger partial charge is 0.126 e. The lowest BCUT2D eigenvalue weighted by molar-refractivity contribution is 0.138. The number of fused-ring (bicyclic) bond motifs is 2. The number of hydrogen-bond donors (Lipinski definition) is 0. The average molecular weight is 214 g/mol. The zero-order valence-electron chi connectivity index (χ0n) is 9.56. The maximum absolute atomic E-state index is 6.16. The van der Waals surface area contributed by atoms with Crippen molar-refractivity contribution in [2.45, 2.75) is 31.8 Å². The Morgan fingerprint density at radius 3 is 2.75 bits per heavy atom. The number of ether oxygens (including phenoxy) is 1. The molecule has 2 aliphatic carbocycles. The zero-order chi connectivity index (χ0) is 11.0. The molecule has 0 saturated heterocycles. The highest BCUT2D eigenvalue weighted by Gasteiger charge is 2.40. The largest absolute Gasteiger partial charge is 0.490 e. The van der Waals surface area contributed by atoms with Crippen LogP contribution in [0.5, 0.6) is 5.75 Å². The van der Waals surface area contributed by atoms with E-state index in [4.69, 9.17) is 4.74 Å². The summed E-state index contributed by atoms with van der Waals surface area (Å²) in [5.41, 5.74) is 1.12. The summed E-state index contributed by atoms with van der Waals surface area (Å²) in [6, 6.07) is 8.19. The van der Waals surface area contributed by atoms with Crippen LogP contribution in [0.15, 0.2) is 30.8 Å². The van der Waals surface area contributed by atoms with Crippen molar-refractivity contribution in [3.63, 3.8) is 0 Å². The molecule has 1 aromatic carbocycles. The van der Waals surface area contributed by atoms with E-state index in [2.05, 4.69) is 18.7 Å². The molecule has 0 N–H and O–H groups in total. The molecular weight excluding hydrogens is 196 g/mol. The van der Waals surface area contributed by atoms with Gasteiger partial charge >= 0.3 is 0 Å². The van der Waals surface area contributed by atoms with E-state index in [1.807, 2.05) is 18.2 Å². The fourth-order valence-corrected chi connectivity index (χ4v) is 3.25. The first-order valence-electron chi connectivity index (χ1n) is 6.25. The molecule has 0 heterocycles. The normalized spacial score (nSPS) is 31.6. The Hall–Kier alpha value is -1.24. The molecule has 16 heavy (non-hydrogen) atoms. The first-order chi connectivity index (χ1) is 7.86. The Kier molecular flexibility index (Phi) is 2.47. The summed E-state index contributed by atoms with van der Waals surface area (Å²) >= 11 is 0. The van der Waals surface area contributed by atoms with E-state index >= 15 is 0 Å². The quantitative estimate of drug-likeness (QED) is 0.741. The molecule has 3 rings (SSSR count). The van der Waals surface area contributed by atoms with Gasteiger partial charge in [0.25, 0.3) is 0 Å². The Balaban J connectivity index is 1.76. The van der Waals surface area contributed by atoms with Gasteiger partial charge in [-0.2, -0.15) is 0 Å². The minimum absolute atomic E-state index is 0.458. The third-order valence-electron chi connectivity index (χ3n) is 4.09. The topological polar surface area (TPSA) is 9.23 Å². The summed E-state index contributed by atoms with van der Waals surface area (Å²) < 4.78 is 6.16. The lowest BCUT2D eigenvalue weighted by atomic mass is 9.97. The van der Waals surface area contributed by atoms with Gasteiger partial charge in [-0.1, -0.05) is 30.9 Å². The predicted octanol–water partition coefficient (Wildman–Crippen LogP) is 3.90. The van der Waals surface area contributed by atoms with E-state index in [9.17, 15) is 0 Å². The first-order valence-corrected chi connectivity index (χ1v) is 6.25. The Morgan fingerprint density at radius 2 is 2.06 bits per heavy atom. The summed E-state index contributed by atoms with van der Waals surface area (Å²) in [6.07, 6.45) is 7.78. The standard InChI is InChI=1S/C15H18O/c1-2-12-5-3-4-6-14(12)16-15-10-11-7-8-13(15)9-11/h2-6,11,13,15H,1,7-10H2. The fourth-order valence-electron chi connectivity index (χ4n) is 3.25. The van der Waals surface area contributed by atoms with Crippen molar-refractivity contribution in [2.75, 3.05) is 0 Å². The number of benzene rings is 1. The van der Waals surface area contributed by atoms with Gasteiger partial charge in [-0.15, -0.1) is 0 Å². The van der Waals surface area contributed by atoms with Gasteiger partial charge in [0, 0.05) is 5.56 Å². The summed E-state index contributed by atoms with van der Waals surface area (Å²) in [4.78, 5) is 0. The van der Waals surface area contributed by atoms with Crippen molar-refractivity contribution < 1.29 is 4.74 Å². The van der Waals surface area contributed by atoms with E-state index in [-0.39, 0.29) is 0 Å². The number of hydrogen-bond acceptors (Lipinski definition) is 1. The molecule has 0 spiro atoms. The highest BCUT2D eigenvalue weighted by atomic mass is 16.5. The van der Waals surface area contributed by atoms with Gasteiger partial charge in [0.2, 0.25) is 0 Å². The van der Waals surface area contributed by atoms with Crippen molar-refractivity contribution in [2.24, 2.45) is 11.8 Å².